The molecule has 1 aliphatic rings. The molecule has 0 aliphatic carbocycles. The molecule has 0 spiro atoms. The summed E-state index contributed by atoms with van der Waals surface area (Å²) in [5.74, 6) is 0.718. The Bertz CT molecular complexity index is 366. The Morgan fingerprint density at radius 1 is 1.41 bits per heavy atom. The number of nitrogens with zero attached hydrogens (tertiary/aromatic N) is 1. The number of nitrogens with one attached hydrogen (secondary N) is 2. The maximum Gasteiger partial charge on any atom is 0.170 e. The molecular formula is C13H19N3S. The second-order valence-electron chi connectivity index (χ2n) is 4.62. The molecule has 4 heteroatoms. The van der Waals surface area contributed by atoms with Crippen LogP contribution in [0.2, 0.25) is 0 Å². The molecule has 1 fully saturated rings. The highest BCUT2D eigenvalue weighted by Gasteiger charge is 2.18. The van der Waals surface area contributed by atoms with Crippen molar-refractivity contribution in [2.75, 3.05) is 32.0 Å². The minimum absolute atomic E-state index is 0.714. The van der Waals surface area contributed by atoms with Crippen molar-refractivity contribution < 1.29 is 0 Å². The molecule has 1 unspecified atom stereocenters. The second-order valence-corrected chi connectivity index (χ2v) is 5.03. The van der Waals surface area contributed by atoms with Gasteiger partial charge in [-0.15, -0.1) is 0 Å². The van der Waals surface area contributed by atoms with Crippen molar-refractivity contribution in [1.82, 2.24) is 10.2 Å². The molecule has 3 nitrogen and oxygen atoms in total. The Morgan fingerprint density at radius 2 is 2.18 bits per heavy atom. The van der Waals surface area contributed by atoms with Gasteiger partial charge in [0.2, 0.25) is 0 Å². The maximum atomic E-state index is 5.26. The third-order valence-electron chi connectivity index (χ3n) is 3.07. The van der Waals surface area contributed by atoms with Crippen LogP contribution >= 0.6 is 12.2 Å². The molecule has 1 saturated heterocycles. The fraction of sp³-hybridized carbons (Fsp3) is 0.462. The van der Waals surface area contributed by atoms with Crippen LogP contribution in [-0.4, -0.2) is 36.7 Å². The van der Waals surface area contributed by atoms with E-state index in [-0.39, 0.29) is 0 Å². The van der Waals surface area contributed by atoms with Crippen LogP contribution in [0.25, 0.3) is 0 Å². The Kier molecular flexibility index (Phi) is 4.34. The molecule has 92 valence electrons. The van der Waals surface area contributed by atoms with Gasteiger partial charge in [0, 0.05) is 18.8 Å². The number of para-hydroxylation sites is 1. The second kappa shape index (κ2) is 5.98. The molecule has 1 aliphatic heterocycles. The van der Waals surface area contributed by atoms with E-state index in [2.05, 4.69) is 22.6 Å². The van der Waals surface area contributed by atoms with E-state index < -0.39 is 0 Å². The van der Waals surface area contributed by atoms with E-state index in [0.717, 1.165) is 18.2 Å². The molecule has 0 bridgehead atoms. The van der Waals surface area contributed by atoms with Crippen LogP contribution in [-0.2, 0) is 0 Å². The minimum atomic E-state index is 0.714. The van der Waals surface area contributed by atoms with Crippen LogP contribution in [0.4, 0.5) is 5.69 Å². The zero-order valence-corrected chi connectivity index (χ0v) is 11.0. The molecule has 1 aromatic rings. The van der Waals surface area contributed by atoms with E-state index in [1.807, 2.05) is 30.3 Å². The van der Waals surface area contributed by atoms with Crippen LogP contribution in [0.1, 0.15) is 6.42 Å². The third-order valence-corrected chi connectivity index (χ3v) is 3.32. The van der Waals surface area contributed by atoms with Gasteiger partial charge in [-0.2, -0.15) is 0 Å². The van der Waals surface area contributed by atoms with E-state index in [0.29, 0.717) is 5.11 Å². The summed E-state index contributed by atoms with van der Waals surface area (Å²) in [6.45, 7) is 3.33. The lowest BCUT2D eigenvalue weighted by Crippen LogP contribution is -2.33. The van der Waals surface area contributed by atoms with Crippen molar-refractivity contribution >= 4 is 23.0 Å². The highest BCUT2D eigenvalue weighted by molar-refractivity contribution is 7.80. The van der Waals surface area contributed by atoms with Gasteiger partial charge in [-0.05, 0) is 50.3 Å². The first kappa shape index (κ1) is 12.3. The first-order chi connectivity index (χ1) is 8.24. The monoisotopic (exact) mass is 249 g/mol. The van der Waals surface area contributed by atoms with Gasteiger partial charge in [-0.3, -0.25) is 0 Å². The van der Waals surface area contributed by atoms with Crippen LogP contribution in [0, 0.1) is 5.92 Å². The fourth-order valence-corrected chi connectivity index (χ4v) is 2.33. The first-order valence-corrected chi connectivity index (χ1v) is 6.43. The Hall–Kier alpha value is -1.13. The predicted octanol–water partition coefficient (Wildman–Crippen LogP) is 1.92. The van der Waals surface area contributed by atoms with Crippen molar-refractivity contribution in [2.45, 2.75) is 6.42 Å². The zero-order valence-electron chi connectivity index (χ0n) is 10.1. The summed E-state index contributed by atoms with van der Waals surface area (Å²) in [6, 6.07) is 10.0. The van der Waals surface area contributed by atoms with Crippen molar-refractivity contribution in [3.63, 3.8) is 0 Å². The summed E-state index contributed by atoms with van der Waals surface area (Å²) in [6.07, 6.45) is 1.26. The highest BCUT2D eigenvalue weighted by Crippen LogP contribution is 2.13. The standard InChI is InChI=1S/C13H19N3S/c1-16-8-7-11(10-16)9-14-13(17)15-12-5-3-2-4-6-12/h2-6,11H,7-10H2,1H3,(H2,14,15,17). The molecule has 17 heavy (non-hydrogen) atoms. The van der Waals surface area contributed by atoms with Gasteiger partial charge in [-0.1, -0.05) is 18.2 Å². The molecule has 0 amide bonds. The van der Waals surface area contributed by atoms with E-state index in [1.165, 1.54) is 19.5 Å². The summed E-state index contributed by atoms with van der Waals surface area (Å²) in [7, 11) is 2.17. The average molecular weight is 249 g/mol. The molecule has 2 N–H and O–H groups in total. The summed E-state index contributed by atoms with van der Waals surface area (Å²) in [5.41, 5.74) is 1.04. The maximum absolute atomic E-state index is 5.26. The first-order valence-electron chi connectivity index (χ1n) is 6.02. The zero-order chi connectivity index (χ0) is 12.1. The fourth-order valence-electron chi connectivity index (χ4n) is 2.13. The van der Waals surface area contributed by atoms with Crippen molar-refractivity contribution in [1.29, 1.82) is 0 Å². The third kappa shape index (κ3) is 3.98. The number of hydrogen-bond acceptors (Lipinski definition) is 2. The van der Waals surface area contributed by atoms with E-state index >= 15 is 0 Å². The molecule has 1 aromatic carbocycles. The highest BCUT2D eigenvalue weighted by atomic mass is 32.1. The van der Waals surface area contributed by atoms with Crippen LogP contribution in [0.3, 0.4) is 0 Å². The lowest BCUT2D eigenvalue weighted by molar-refractivity contribution is 0.394. The van der Waals surface area contributed by atoms with Gasteiger partial charge in [-0.25, -0.2) is 0 Å². The van der Waals surface area contributed by atoms with Crippen molar-refractivity contribution in [3.8, 4) is 0 Å². The summed E-state index contributed by atoms with van der Waals surface area (Å²) in [4.78, 5) is 2.36. The largest absolute Gasteiger partial charge is 0.362 e. The molecule has 0 saturated carbocycles. The number of rotatable bonds is 3. The van der Waals surface area contributed by atoms with Crippen molar-refractivity contribution in [2.24, 2.45) is 5.92 Å². The lowest BCUT2D eigenvalue weighted by atomic mass is 10.1. The minimum Gasteiger partial charge on any atom is -0.362 e. The normalized spacial score (nSPS) is 20.2. The molecular weight excluding hydrogens is 230 g/mol. The Balaban J connectivity index is 1.71. The smallest absolute Gasteiger partial charge is 0.170 e. The number of anilines is 1. The van der Waals surface area contributed by atoms with E-state index in [1.54, 1.807) is 0 Å². The molecule has 1 heterocycles. The predicted molar refractivity (Wildman–Crippen MR) is 76.3 cm³/mol. The van der Waals surface area contributed by atoms with Crippen LogP contribution in [0.15, 0.2) is 30.3 Å². The van der Waals surface area contributed by atoms with Gasteiger partial charge in [0.25, 0.3) is 0 Å². The molecule has 1 atom stereocenters. The summed E-state index contributed by atoms with van der Waals surface area (Å²) >= 11 is 5.26. The number of hydrogen-bond donors (Lipinski definition) is 2. The van der Waals surface area contributed by atoms with Crippen LogP contribution < -0.4 is 10.6 Å². The lowest BCUT2D eigenvalue weighted by Gasteiger charge is -2.14. The van der Waals surface area contributed by atoms with Gasteiger partial charge < -0.3 is 15.5 Å². The van der Waals surface area contributed by atoms with Gasteiger partial charge in [0.1, 0.15) is 0 Å². The van der Waals surface area contributed by atoms with Crippen LogP contribution in [0.5, 0.6) is 0 Å². The van der Waals surface area contributed by atoms with E-state index in [4.69, 9.17) is 12.2 Å². The SMILES string of the molecule is CN1CCC(CNC(=S)Nc2ccccc2)C1. The van der Waals surface area contributed by atoms with E-state index in [9.17, 15) is 0 Å². The average Bonchev–Trinajstić information content (AvgIpc) is 2.74. The molecule has 0 radical (unpaired) electrons. The summed E-state index contributed by atoms with van der Waals surface area (Å²) in [5, 5.41) is 7.18. The Labute approximate surface area is 108 Å². The number of benzene rings is 1. The quantitative estimate of drug-likeness (QED) is 0.801. The van der Waals surface area contributed by atoms with Crippen molar-refractivity contribution in [3.05, 3.63) is 30.3 Å². The Morgan fingerprint density at radius 3 is 2.82 bits per heavy atom. The van der Waals surface area contributed by atoms with Gasteiger partial charge >= 0.3 is 0 Å². The van der Waals surface area contributed by atoms with Gasteiger partial charge in [0.15, 0.2) is 5.11 Å². The number of likely N-dealkylation sites (tertiary alicyclic amines) is 1. The molecule has 2 rings (SSSR count). The topological polar surface area (TPSA) is 27.3 Å². The van der Waals surface area contributed by atoms with Gasteiger partial charge in [0.05, 0.1) is 0 Å². The molecule has 0 aromatic heterocycles. The number of thiocarbonyl (C=S) groups is 1. The summed E-state index contributed by atoms with van der Waals surface area (Å²) < 4.78 is 0.